The predicted octanol–water partition coefficient (Wildman–Crippen LogP) is 2.43. The Morgan fingerprint density at radius 1 is 1.17 bits per heavy atom. The fourth-order valence-corrected chi connectivity index (χ4v) is 5.00. The number of carboxylic acids is 1. The Hall–Kier alpha value is -2.65. The number of unbranched alkanes of at least 4 members (excludes halogenated alkanes) is 1. The fourth-order valence-electron chi connectivity index (χ4n) is 5.00. The van der Waals surface area contributed by atoms with Crippen LogP contribution in [-0.4, -0.2) is 76.4 Å². The molecule has 3 amide bonds. The van der Waals surface area contributed by atoms with E-state index in [1.807, 2.05) is 17.0 Å². The van der Waals surface area contributed by atoms with Gasteiger partial charge in [-0.2, -0.15) is 0 Å². The third kappa shape index (κ3) is 6.97. The van der Waals surface area contributed by atoms with Gasteiger partial charge in [0.1, 0.15) is 18.1 Å². The van der Waals surface area contributed by atoms with Crippen molar-refractivity contribution in [2.75, 3.05) is 26.2 Å². The Kier molecular flexibility index (Phi) is 10.7. The lowest BCUT2D eigenvalue weighted by molar-refractivity contribution is -0.161. The topological polar surface area (TPSA) is 119 Å². The third-order valence-corrected chi connectivity index (χ3v) is 6.96. The first-order chi connectivity index (χ1) is 16.7. The largest absolute Gasteiger partial charge is 0.480 e. The molecule has 36 heavy (non-hydrogen) atoms. The minimum Gasteiger partial charge on any atom is -0.480 e. The average Bonchev–Trinajstić information content (AvgIpc) is 2.82. The summed E-state index contributed by atoms with van der Waals surface area (Å²) in [6.07, 6.45) is 3.69. The summed E-state index contributed by atoms with van der Waals surface area (Å²) in [6.45, 7) is 8.48. The summed E-state index contributed by atoms with van der Waals surface area (Å²) >= 11 is 0. The van der Waals surface area contributed by atoms with Gasteiger partial charge in [-0.25, -0.2) is 0 Å². The van der Waals surface area contributed by atoms with Gasteiger partial charge in [-0.05, 0) is 49.3 Å². The summed E-state index contributed by atoms with van der Waals surface area (Å²) in [4.78, 5) is 53.5. The predicted molar refractivity (Wildman–Crippen MR) is 139 cm³/mol. The highest BCUT2D eigenvalue weighted by Crippen LogP contribution is 2.34. The molecular formula is C26H39ClN4O5. The molecule has 0 bridgehead atoms. The highest BCUT2D eigenvalue weighted by atomic mass is 35.5. The summed E-state index contributed by atoms with van der Waals surface area (Å²) in [5.74, 6) is -1.15. The maximum atomic E-state index is 13.4. The van der Waals surface area contributed by atoms with E-state index < -0.39 is 30.0 Å². The van der Waals surface area contributed by atoms with Crippen molar-refractivity contribution in [3.8, 4) is 0 Å². The van der Waals surface area contributed by atoms with Crippen LogP contribution in [0.15, 0.2) is 24.3 Å². The van der Waals surface area contributed by atoms with Crippen LogP contribution in [0.2, 0.25) is 0 Å². The van der Waals surface area contributed by atoms with Gasteiger partial charge >= 0.3 is 5.97 Å². The minimum absolute atomic E-state index is 0. The zero-order valence-corrected chi connectivity index (χ0v) is 22.2. The molecule has 2 aliphatic heterocycles. The standard InChI is InChI=1S/C26H38N4O5.ClH/c1-4-5-12-30-24(34)21(15-18(2)3)28-25(35)26(30)10-13-29(14-11-26)17-19-6-8-20(9-7-19)23(33)27-16-22(31)32;/h6-9,18,21H,4-5,10-17H2,1-3H3,(H,27,33)(H,28,35)(H,31,32);1H/t21-;/m0./s1. The molecule has 2 heterocycles. The third-order valence-electron chi connectivity index (χ3n) is 6.96. The monoisotopic (exact) mass is 522 g/mol. The number of piperazine rings is 1. The van der Waals surface area contributed by atoms with Gasteiger partial charge in [0.2, 0.25) is 11.8 Å². The van der Waals surface area contributed by atoms with E-state index in [0.29, 0.717) is 56.9 Å². The summed E-state index contributed by atoms with van der Waals surface area (Å²) in [5, 5.41) is 14.1. The molecule has 1 spiro atoms. The average molecular weight is 523 g/mol. The molecule has 2 saturated heterocycles. The summed E-state index contributed by atoms with van der Waals surface area (Å²) in [6, 6.07) is 6.66. The van der Waals surface area contributed by atoms with Crippen LogP contribution in [0.25, 0.3) is 0 Å². The molecule has 3 N–H and O–H groups in total. The molecule has 0 saturated carbocycles. The van der Waals surface area contributed by atoms with E-state index in [4.69, 9.17) is 5.11 Å². The highest BCUT2D eigenvalue weighted by Gasteiger charge is 2.53. The second kappa shape index (κ2) is 13.1. The summed E-state index contributed by atoms with van der Waals surface area (Å²) < 4.78 is 0. The molecular weight excluding hydrogens is 484 g/mol. The summed E-state index contributed by atoms with van der Waals surface area (Å²) in [7, 11) is 0. The fraction of sp³-hybridized carbons (Fsp3) is 0.615. The SMILES string of the molecule is CCCCN1C(=O)[C@H](CC(C)C)NC(=O)C12CCN(Cc1ccc(C(=O)NCC(=O)O)cc1)CC2.Cl. The number of carboxylic acid groups (broad SMARTS) is 1. The lowest BCUT2D eigenvalue weighted by Crippen LogP contribution is -2.73. The lowest BCUT2D eigenvalue weighted by atomic mass is 9.80. The van der Waals surface area contributed by atoms with E-state index in [2.05, 4.69) is 36.3 Å². The first kappa shape index (κ1) is 29.6. The van der Waals surface area contributed by atoms with Crippen molar-refractivity contribution in [2.24, 2.45) is 5.92 Å². The van der Waals surface area contributed by atoms with E-state index in [1.54, 1.807) is 12.1 Å². The molecule has 1 aromatic rings. The van der Waals surface area contributed by atoms with Crippen molar-refractivity contribution in [2.45, 2.75) is 71.0 Å². The van der Waals surface area contributed by atoms with Crippen LogP contribution in [0.5, 0.6) is 0 Å². The Morgan fingerprint density at radius 3 is 2.36 bits per heavy atom. The Labute approximate surface area is 219 Å². The van der Waals surface area contributed by atoms with Gasteiger partial charge in [-0.15, -0.1) is 12.4 Å². The molecule has 0 unspecified atom stereocenters. The molecule has 2 aliphatic rings. The molecule has 0 aromatic heterocycles. The van der Waals surface area contributed by atoms with E-state index in [0.717, 1.165) is 18.4 Å². The number of halogens is 1. The van der Waals surface area contributed by atoms with Gasteiger partial charge in [0, 0.05) is 31.7 Å². The number of carbonyl (C=O) groups excluding carboxylic acids is 3. The number of carbonyl (C=O) groups is 4. The van der Waals surface area contributed by atoms with Crippen LogP contribution >= 0.6 is 12.4 Å². The van der Waals surface area contributed by atoms with Crippen LogP contribution in [0, 0.1) is 5.92 Å². The zero-order chi connectivity index (χ0) is 25.6. The Balaban J connectivity index is 0.00000456. The van der Waals surface area contributed by atoms with Crippen molar-refractivity contribution >= 4 is 36.1 Å². The number of nitrogens with zero attached hydrogens (tertiary/aromatic N) is 2. The second-order valence-electron chi connectivity index (χ2n) is 10.1. The molecule has 3 rings (SSSR count). The van der Waals surface area contributed by atoms with Crippen molar-refractivity contribution in [1.29, 1.82) is 0 Å². The van der Waals surface area contributed by atoms with Gasteiger partial charge < -0.3 is 20.6 Å². The van der Waals surface area contributed by atoms with Crippen molar-refractivity contribution in [3.05, 3.63) is 35.4 Å². The molecule has 9 nitrogen and oxygen atoms in total. The van der Waals surface area contributed by atoms with Gasteiger partial charge in [0.15, 0.2) is 0 Å². The highest BCUT2D eigenvalue weighted by molar-refractivity contribution is 6.00. The number of likely N-dealkylation sites (tertiary alicyclic amines) is 1. The van der Waals surface area contributed by atoms with Gasteiger partial charge in [0.05, 0.1) is 0 Å². The molecule has 2 fully saturated rings. The molecule has 1 aromatic carbocycles. The normalized spacial score (nSPS) is 19.7. The number of piperidine rings is 1. The second-order valence-corrected chi connectivity index (χ2v) is 10.1. The molecule has 0 aliphatic carbocycles. The maximum Gasteiger partial charge on any atom is 0.322 e. The minimum atomic E-state index is -1.09. The number of aliphatic carboxylic acids is 1. The van der Waals surface area contributed by atoms with Crippen LogP contribution in [-0.2, 0) is 20.9 Å². The van der Waals surface area contributed by atoms with E-state index in [1.165, 1.54) is 0 Å². The van der Waals surface area contributed by atoms with Crippen LogP contribution < -0.4 is 10.6 Å². The first-order valence-corrected chi connectivity index (χ1v) is 12.6. The van der Waals surface area contributed by atoms with Gasteiger partial charge in [0.25, 0.3) is 5.91 Å². The number of rotatable bonds is 10. The number of amides is 3. The molecule has 0 radical (unpaired) electrons. The number of hydrogen-bond donors (Lipinski definition) is 3. The Bertz CT molecular complexity index is 929. The van der Waals surface area contributed by atoms with E-state index >= 15 is 0 Å². The first-order valence-electron chi connectivity index (χ1n) is 12.6. The van der Waals surface area contributed by atoms with Gasteiger partial charge in [-0.3, -0.25) is 24.1 Å². The maximum absolute atomic E-state index is 13.4. The van der Waals surface area contributed by atoms with E-state index in [9.17, 15) is 19.2 Å². The van der Waals surface area contributed by atoms with Crippen molar-refractivity contribution < 1.29 is 24.3 Å². The summed E-state index contributed by atoms with van der Waals surface area (Å²) in [5.41, 5.74) is 0.662. The van der Waals surface area contributed by atoms with Crippen LogP contribution in [0.3, 0.4) is 0 Å². The number of nitrogens with one attached hydrogen (secondary N) is 2. The quantitative estimate of drug-likeness (QED) is 0.434. The number of hydrogen-bond acceptors (Lipinski definition) is 5. The van der Waals surface area contributed by atoms with E-state index in [-0.39, 0.29) is 24.2 Å². The Morgan fingerprint density at radius 2 is 1.81 bits per heavy atom. The molecule has 1 atom stereocenters. The molecule has 10 heteroatoms. The van der Waals surface area contributed by atoms with Gasteiger partial charge in [-0.1, -0.05) is 39.3 Å². The van der Waals surface area contributed by atoms with Crippen molar-refractivity contribution in [1.82, 2.24) is 20.4 Å². The molecule has 200 valence electrons. The number of benzene rings is 1. The van der Waals surface area contributed by atoms with Crippen LogP contribution in [0.1, 0.15) is 68.8 Å². The zero-order valence-electron chi connectivity index (χ0n) is 21.4. The van der Waals surface area contributed by atoms with Crippen LogP contribution in [0.4, 0.5) is 0 Å². The lowest BCUT2D eigenvalue weighted by Gasteiger charge is -2.52. The van der Waals surface area contributed by atoms with Crippen molar-refractivity contribution in [3.63, 3.8) is 0 Å². The smallest absolute Gasteiger partial charge is 0.322 e.